The van der Waals surface area contributed by atoms with Crippen LogP contribution in [0.15, 0.2) is 48.8 Å². The number of rotatable bonds is 4. The number of aromatic nitrogens is 1. The van der Waals surface area contributed by atoms with Crippen LogP contribution in [-0.2, 0) is 0 Å². The van der Waals surface area contributed by atoms with E-state index in [0.29, 0.717) is 24.7 Å². The molecule has 0 aliphatic carbocycles. The van der Waals surface area contributed by atoms with Crippen LogP contribution in [0.4, 0.5) is 5.69 Å². The van der Waals surface area contributed by atoms with Crippen molar-refractivity contribution in [2.45, 2.75) is 18.9 Å². The number of pyridine rings is 1. The fourth-order valence-corrected chi connectivity index (χ4v) is 3.19. The van der Waals surface area contributed by atoms with Crippen molar-refractivity contribution in [2.24, 2.45) is 0 Å². The number of amides is 1. The number of para-hydroxylation sites is 1. The second-order valence-corrected chi connectivity index (χ2v) is 6.24. The van der Waals surface area contributed by atoms with Crippen molar-refractivity contribution in [2.75, 3.05) is 25.0 Å². The molecule has 1 aliphatic rings. The third-order valence-corrected chi connectivity index (χ3v) is 4.70. The van der Waals surface area contributed by atoms with Gasteiger partial charge in [0.25, 0.3) is 5.91 Å². The molecule has 6 heteroatoms. The minimum atomic E-state index is -1.08. The Morgan fingerprint density at radius 3 is 2.40 bits per heavy atom. The molecule has 1 amide bonds. The van der Waals surface area contributed by atoms with Crippen molar-refractivity contribution in [1.29, 1.82) is 0 Å². The van der Waals surface area contributed by atoms with Crippen LogP contribution >= 0.6 is 0 Å². The monoisotopic (exact) mass is 339 g/mol. The van der Waals surface area contributed by atoms with E-state index >= 15 is 0 Å². The van der Waals surface area contributed by atoms with Gasteiger partial charge in [-0.25, -0.2) is 4.79 Å². The van der Waals surface area contributed by atoms with Crippen LogP contribution in [0.2, 0.25) is 0 Å². The van der Waals surface area contributed by atoms with Gasteiger partial charge in [-0.3, -0.25) is 9.78 Å². The molecule has 1 saturated heterocycles. The summed E-state index contributed by atoms with van der Waals surface area (Å²) < 4.78 is 0. The molecule has 6 nitrogen and oxygen atoms in total. The van der Waals surface area contributed by atoms with Gasteiger partial charge in [0.1, 0.15) is 0 Å². The zero-order valence-electron chi connectivity index (χ0n) is 14.1. The number of aromatic carboxylic acids is 1. The number of hydrogen-bond acceptors (Lipinski definition) is 4. The van der Waals surface area contributed by atoms with Gasteiger partial charge in [-0.05, 0) is 31.0 Å². The van der Waals surface area contributed by atoms with Gasteiger partial charge >= 0.3 is 5.97 Å². The van der Waals surface area contributed by atoms with Crippen LogP contribution in [-0.4, -0.2) is 53.0 Å². The number of carboxylic acid groups (broad SMARTS) is 1. The summed E-state index contributed by atoms with van der Waals surface area (Å²) in [6.45, 7) is 1.30. The standard InChI is InChI=1S/C19H21N3O3/c1-21(16-5-3-2-4-6-16)17-7-9-22(10-8-17)18(23)14-11-15(19(24)25)13-20-12-14/h2-6,11-13,17H,7-10H2,1H3,(H,24,25). The molecule has 25 heavy (non-hydrogen) atoms. The molecule has 1 aromatic carbocycles. The molecule has 1 aliphatic heterocycles. The highest BCUT2D eigenvalue weighted by atomic mass is 16.4. The van der Waals surface area contributed by atoms with Crippen LogP contribution in [0.3, 0.4) is 0 Å². The molecule has 2 heterocycles. The number of piperidine rings is 1. The van der Waals surface area contributed by atoms with Crippen LogP contribution in [0.5, 0.6) is 0 Å². The minimum absolute atomic E-state index is 0.0320. The molecule has 130 valence electrons. The minimum Gasteiger partial charge on any atom is -0.478 e. The van der Waals surface area contributed by atoms with Crippen LogP contribution in [0.1, 0.15) is 33.6 Å². The lowest BCUT2D eigenvalue weighted by molar-refractivity contribution is 0.0696. The summed E-state index contributed by atoms with van der Waals surface area (Å²) in [6.07, 6.45) is 4.43. The first-order valence-corrected chi connectivity index (χ1v) is 8.32. The third-order valence-electron chi connectivity index (χ3n) is 4.70. The molecular formula is C19H21N3O3. The van der Waals surface area contributed by atoms with E-state index in [-0.39, 0.29) is 11.5 Å². The highest BCUT2D eigenvalue weighted by molar-refractivity contribution is 5.97. The Hall–Kier alpha value is -2.89. The van der Waals surface area contributed by atoms with Crippen molar-refractivity contribution >= 4 is 17.6 Å². The number of nitrogens with zero attached hydrogens (tertiary/aromatic N) is 3. The summed E-state index contributed by atoms with van der Waals surface area (Å²) in [5.41, 5.74) is 1.53. The average Bonchev–Trinajstić information content (AvgIpc) is 2.67. The molecule has 2 aromatic rings. The Morgan fingerprint density at radius 1 is 1.12 bits per heavy atom. The first kappa shape index (κ1) is 17.0. The van der Waals surface area contributed by atoms with E-state index in [0.717, 1.165) is 12.8 Å². The van der Waals surface area contributed by atoms with Gasteiger partial charge in [0, 0.05) is 44.3 Å². The molecule has 0 saturated carbocycles. The summed E-state index contributed by atoms with van der Waals surface area (Å²) in [4.78, 5) is 31.5. The lowest BCUT2D eigenvalue weighted by atomic mass is 10.0. The van der Waals surface area contributed by atoms with Gasteiger partial charge in [-0.1, -0.05) is 18.2 Å². The third kappa shape index (κ3) is 3.79. The first-order chi connectivity index (χ1) is 12.1. The lowest BCUT2D eigenvalue weighted by Gasteiger charge is -2.37. The molecule has 0 radical (unpaired) electrons. The highest BCUT2D eigenvalue weighted by Crippen LogP contribution is 2.22. The Labute approximate surface area is 146 Å². The van der Waals surface area contributed by atoms with Gasteiger partial charge in [0.2, 0.25) is 0 Å². The summed E-state index contributed by atoms with van der Waals surface area (Å²) >= 11 is 0. The average molecular weight is 339 g/mol. The predicted octanol–water partition coefficient (Wildman–Crippen LogP) is 2.52. The zero-order valence-corrected chi connectivity index (χ0v) is 14.1. The quantitative estimate of drug-likeness (QED) is 0.926. The van der Waals surface area contributed by atoms with Crippen molar-refractivity contribution in [1.82, 2.24) is 9.88 Å². The molecule has 0 unspecified atom stereocenters. The fraction of sp³-hybridized carbons (Fsp3) is 0.316. The molecule has 3 rings (SSSR count). The Balaban J connectivity index is 1.63. The van der Waals surface area contributed by atoms with Crippen LogP contribution < -0.4 is 4.90 Å². The van der Waals surface area contributed by atoms with E-state index in [9.17, 15) is 9.59 Å². The number of likely N-dealkylation sites (tertiary alicyclic amines) is 1. The molecule has 1 aromatic heterocycles. The van der Waals surface area contributed by atoms with E-state index < -0.39 is 5.97 Å². The summed E-state index contributed by atoms with van der Waals surface area (Å²) in [7, 11) is 2.08. The van der Waals surface area contributed by atoms with Gasteiger partial charge in [0.05, 0.1) is 11.1 Å². The number of carbonyl (C=O) groups is 2. The normalized spacial score (nSPS) is 15.0. The van der Waals surface area contributed by atoms with E-state index in [2.05, 4.69) is 29.1 Å². The zero-order chi connectivity index (χ0) is 17.8. The van der Waals surface area contributed by atoms with Gasteiger partial charge in [0.15, 0.2) is 0 Å². The maximum absolute atomic E-state index is 12.6. The van der Waals surface area contributed by atoms with Crippen molar-refractivity contribution in [3.8, 4) is 0 Å². The summed E-state index contributed by atoms with van der Waals surface area (Å²) in [5, 5.41) is 9.04. The SMILES string of the molecule is CN(c1ccccc1)C1CCN(C(=O)c2cncc(C(=O)O)c2)CC1. The summed E-state index contributed by atoms with van der Waals surface area (Å²) in [5.74, 6) is -1.23. The fourth-order valence-electron chi connectivity index (χ4n) is 3.19. The number of benzene rings is 1. The maximum Gasteiger partial charge on any atom is 0.337 e. The number of carbonyl (C=O) groups excluding carboxylic acids is 1. The van der Waals surface area contributed by atoms with Gasteiger partial charge in [-0.15, -0.1) is 0 Å². The van der Waals surface area contributed by atoms with E-state index in [1.807, 2.05) is 18.2 Å². The van der Waals surface area contributed by atoms with Crippen molar-refractivity contribution in [3.63, 3.8) is 0 Å². The van der Waals surface area contributed by atoms with Gasteiger partial charge < -0.3 is 14.9 Å². The number of anilines is 1. The molecule has 0 atom stereocenters. The smallest absolute Gasteiger partial charge is 0.337 e. The highest BCUT2D eigenvalue weighted by Gasteiger charge is 2.26. The van der Waals surface area contributed by atoms with Crippen molar-refractivity contribution in [3.05, 3.63) is 59.9 Å². The Kier molecular flexibility index (Phi) is 4.97. The van der Waals surface area contributed by atoms with E-state index in [4.69, 9.17) is 5.11 Å². The Morgan fingerprint density at radius 2 is 1.76 bits per heavy atom. The van der Waals surface area contributed by atoms with Crippen LogP contribution in [0.25, 0.3) is 0 Å². The number of hydrogen-bond donors (Lipinski definition) is 1. The predicted molar refractivity (Wildman–Crippen MR) is 95.0 cm³/mol. The maximum atomic E-state index is 12.6. The molecule has 0 spiro atoms. The number of carboxylic acids is 1. The largest absolute Gasteiger partial charge is 0.478 e. The second-order valence-electron chi connectivity index (χ2n) is 6.24. The topological polar surface area (TPSA) is 73.7 Å². The van der Waals surface area contributed by atoms with Crippen LogP contribution in [0, 0.1) is 0 Å². The Bertz CT molecular complexity index is 756. The molecule has 1 fully saturated rings. The van der Waals surface area contributed by atoms with Crippen molar-refractivity contribution < 1.29 is 14.7 Å². The summed E-state index contributed by atoms with van der Waals surface area (Å²) in [6, 6.07) is 12.0. The first-order valence-electron chi connectivity index (χ1n) is 8.32. The molecule has 0 bridgehead atoms. The lowest BCUT2D eigenvalue weighted by Crippen LogP contribution is -2.45. The van der Waals surface area contributed by atoms with Gasteiger partial charge in [-0.2, -0.15) is 0 Å². The molecular weight excluding hydrogens is 318 g/mol. The van der Waals surface area contributed by atoms with E-state index in [1.165, 1.54) is 24.1 Å². The van der Waals surface area contributed by atoms with E-state index in [1.54, 1.807) is 4.90 Å². The second kappa shape index (κ2) is 7.34. The molecule has 1 N–H and O–H groups in total.